The van der Waals surface area contributed by atoms with Gasteiger partial charge in [0.05, 0.1) is 0 Å². The number of rotatable bonds is 9. The molecule has 1 heteroatoms. The zero-order chi connectivity index (χ0) is 12.3. The zero-order valence-corrected chi connectivity index (χ0v) is 12.2. The number of benzene rings is 1. The van der Waals surface area contributed by atoms with Crippen molar-refractivity contribution in [3.05, 3.63) is 29.8 Å². The maximum Gasteiger partial charge on any atom is 0.00721 e. The number of unbranched alkanes of at least 4 members (excludes halogenated alkanes) is 4. The van der Waals surface area contributed by atoms with Crippen molar-refractivity contribution in [2.75, 3.05) is 5.75 Å². The van der Waals surface area contributed by atoms with Crippen molar-refractivity contribution in [1.29, 1.82) is 0 Å². The SMILES string of the molecule is CCCCCCCc1ccc(SCCC)cc1. The molecule has 0 amide bonds. The largest absolute Gasteiger partial charge is 0.126 e. The Balaban J connectivity index is 2.20. The lowest BCUT2D eigenvalue weighted by atomic mass is 10.1. The maximum atomic E-state index is 2.30. The molecule has 96 valence electrons. The van der Waals surface area contributed by atoms with Crippen LogP contribution in [0, 0.1) is 0 Å². The van der Waals surface area contributed by atoms with Gasteiger partial charge in [0.15, 0.2) is 0 Å². The van der Waals surface area contributed by atoms with Crippen molar-refractivity contribution in [2.45, 2.75) is 63.7 Å². The second kappa shape index (κ2) is 9.58. The first-order valence-corrected chi connectivity index (χ1v) is 8.07. The normalized spacial score (nSPS) is 10.7. The van der Waals surface area contributed by atoms with E-state index in [4.69, 9.17) is 0 Å². The summed E-state index contributed by atoms with van der Waals surface area (Å²) in [7, 11) is 0. The van der Waals surface area contributed by atoms with Crippen LogP contribution in [0.2, 0.25) is 0 Å². The first-order valence-electron chi connectivity index (χ1n) is 7.08. The summed E-state index contributed by atoms with van der Waals surface area (Å²) in [6.45, 7) is 4.50. The molecular weight excluding hydrogens is 224 g/mol. The highest BCUT2D eigenvalue weighted by molar-refractivity contribution is 7.99. The topological polar surface area (TPSA) is 0 Å². The summed E-state index contributed by atoms with van der Waals surface area (Å²) in [4.78, 5) is 1.42. The molecule has 0 N–H and O–H groups in total. The number of thioether (sulfide) groups is 1. The second-order valence-corrected chi connectivity index (χ2v) is 5.82. The molecule has 0 saturated heterocycles. The Morgan fingerprint density at radius 2 is 1.53 bits per heavy atom. The molecule has 0 aliphatic rings. The van der Waals surface area contributed by atoms with Crippen LogP contribution in [0.25, 0.3) is 0 Å². The van der Waals surface area contributed by atoms with Crippen molar-refractivity contribution in [1.82, 2.24) is 0 Å². The lowest BCUT2D eigenvalue weighted by Crippen LogP contribution is -1.86. The minimum absolute atomic E-state index is 1.23. The fourth-order valence-corrected chi connectivity index (χ4v) is 2.67. The van der Waals surface area contributed by atoms with Crippen LogP contribution >= 0.6 is 11.8 Å². The molecule has 1 aromatic rings. The summed E-state index contributed by atoms with van der Waals surface area (Å²) < 4.78 is 0. The lowest BCUT2D eigenvalue weighted by molar-refractivity contribution is 0.632. The number of hydrogen-bond donors (Lipinski definition) is 0. The predicted octanol–water partition coefficient (Wildman–Crippen LogP) is 5.70. The van der Waals surface area contributed by atoms with Crippen LogP contribution in [0.4, 0.5) is 0 Å². The number of aryl methyl sites for hydroxylation is 1. The van der Waals surface area contributed by atoms with Crippen LogP contribution in [-0.2, 0) is 6.42 Å². The zero-order valence-electron chi connectivity index (χ0n) is 11.4. The summed E-state index contributed by atoms with van der Waals surface area (Å²) in [5, 5.41) is 0. The highest BCUT2D eigenvalue weighted by Gasteiger charge is 1.96. The van der Waals surface area contributed by atoms with E-state index >= 15 is 0 Å². The summed E-state index contributed by atoms with van der Waals surface area (Å²) in [6, 6.07) is 9.17. The fourth-order valence-electron chi connectivity index (χ4n) is 1.90. The Morgan fingerprint density at radius 3 is 2.18 bits per heavy atom. The molecule has 0 fully saturated rings. The van der Waals surface area contributed by atoms with Crippen molar-refractivity contribution < 1.29 is 0 Å². The molecule has 0 aliphatic carbocycles. The Morgan fingerprint density at radius 1 is 0.824 bits per heavy atom. The van der Waals surface area contributed by atoms with Crippen molar-refractivity contribution in [3.63, 3.8) is 0 Å². The molecule has 0 spiro atoms. The molecule has 0 saturated carbocycles. The Bertz CT molecular complexity index is 276. The molecule has 1 aromatic carbocycles. The van der Waals surface area contributed by atoms with Crippen LogP contribution < -0.4 is 0 Å². The van der Waals surface area contributed by atoms with Gasteiger partial charge in [0, 0.05) is 4.90 Å². The van der Waals surface area contributed by atoms with Crippen LogP contribution in [0.15, 0.2) is 29.2 Å². The van der Waals surface area contributed by atoms with Gasteiger partial charge >= 0.3 is 0 Å². The lowest BCUT2D eigenvalue weighted by Gasteiger charge is -2.04. The molecule has 0 unspecified atom stereocenters. The van der Waals surface area contributed by atoms with Gasteiger partial charge in [-0.1, -0.05) is 51.7 Å². The van der Waals surface area contributed by atoms with Crippen molar-refractivity contribution in [2.24, 2.45) is 0 Å². The summed E-state index contributed by atoms with van der Waals surface area (Å²) in [6.07, 6.45) is 9.38. The molecule has 0 radical (unpaired) electrons. The van der Waals surface area contributed by atoms with Gasteiger partial charge in [0.2, 0.25) is 0 Å². The Kier molecular flexibility index (Phi) is 8.25. The average Bonchev–Trinajstić information content (AvgIpc) is 2.37. The Labute approximate surface area is 111 Å². The minimum Gasteiger partial charge on any atom is -0.126 e. The maximum absolute atomic E-state index is 2.30. The van der Waals surface area contributed by atoms with E-state index in [1.54, 1.807) is 0 Å². The van der Waals surface area contributed by atoms with E-state index in [9.17, 15) is 0 Å². The van der Waals surface area contributed by atoms with Crippen LogP contribution in [0.3, 0.4) is 0 Å². The first-order chi connectivity index (χ1) is 8.36. The van der Waals surface area contributed by atoms with E-state index in [1.165, 1.54) is 61.2 Å². The highest BCUT2D eigenvalue weighted by Crippen LogP contribution is 2.19. The molecule has 0 aromatic heterocycles. The van der Waals surface area contributed by atoms with Gasteiger partial charge in [-0.05, 0) is 42.7 Å². The Hall–Kier alpha value is -0.430. The van der Waals surface area contributed by atoms with E-state index in [0.29, 0.717) is 0 Å². The third-order valence-corrected chi connectivity index (χ3v) is 4.18. The third kappa shape index (κ3) is 6.78. The highest BCUT2D eigenvalue weighted by atomic mass is 32.2. The quantitative estimate of drug-likeness (QED) is 0.400. The molecule has 17 heavy (non-hydrogen) atoms. The van der Waals surface area contributed by atoms with Gasteiger partial charge in [-0.3, -0.25) is 0 Å². The third-order valence-electron chi connectivity index (χ3n) is 2.97. The summed E-state index contributed by atoms with van der Waals surface area (Å²) in [5.74, 6) is 1.23. The summed E-state index contributed by atoms with van der Waals surface area (Å²) >= 11 is 1.96. The van der Waals surface area contributed by atoms with Gasteiger partial charge in [-0.2, -0.15) is 0 Å². The second-order valence-electron chi connectivity index (χ2n) is 4.66. The van der Waals surface area contributed by atoms with E-state index in [-0.39, 0.29) is 0 Å². The summed E-state index contributed by atoms with van der Waals surface area (Å²) in [5.41, 5.74) is 1.50. The minimum atomic E-state index is 1.23. The van der Waals surface area contributed by atoms with Crippen molar-refractivity contribution in [3.8, 4) is 0 Å². The van der Waals surface area contributed by atoms with Gasteiger partial charge < -0.3 is 0 Å². The predicted molar refractivity (Wildman–Crippen MR) is 79.9 cm³/mol. The monoisotopic (exact) mass is 250 g/mol. The van der Waals surface area contributed by atoms with Crippen LogP contribution in [0.1, 0.15) is 57.9 Å². The van der Waals surface area contributed by atoms with Crippen LogP contribution in [0.5, 0.6) is 0 Å². The fraction of sp³-hybridized carbons (Fsp3) is 0.625. The van der Waals surface area contributed by atoms with E-state index in [2.05, 4.69) is 38.1 Å². The molecule has 0 atom stereocenters. The first kappa shape index (κ1) is 14.6. The number of hydrogen-bond acceptors (Lipinski definition) is 1. The van der Waals surface area contributed by atoms with E-state index in [1.807, 2.05) is 11.8 Å². The van der Waals surface area contributed by atoms with Gasteiger partial charge in [0.1, 0.15) is 0 Å². The van der Waals surface area contributed by atoms with Gasteiger partial charge in [-0.15, -0.1) is 11.8 Å². The standard InChI is InChI=1S/C16H26S/c1-3-5-6-7-8-9-15-10-12-16(13-11-15)17-14-4-2/h10-13H,3-9,14H2,1-2H3. The molecule has 0 aliphatic heterocycles. The molecular formula is C16H26S. The molecule has 0 nitrogen and oxygen atoms in total. The molecule has 0 heterocycles. The van der Waals surface area contributed by atoms with Crippen molar-refractivity contribution >= 4 is 11.8 Å². The van der Waals surface area contributed by atoms with Crippen LogP contribution in [-0.4, -0.2) is 5.75 Å². The molecule has 1 rings (SSSR count). The smallest absolute Gasteiger partial charge is 0.00721 e. The molecule has 0 bridgehead atoms. The average molecular weight is 250 g/mol. The van der Waals surface area contributed by atoms with E-state index < -0.39 is 0 Å². The van der Waals surface area contributed by atoms with E-state index in [0.717, 1.165) is 0 Å². The van der Waals surface area contributed by atoms with Gasteiger partial charge in [-0.25, -0.2) is 0 Å². The van der Waals surface area contributed by atoms with Gasteiger partial charge in [0.25, 0.3) is 0 Å².